The van der Waals surface area contributed by atoms with Gasteiger partial charge in [0.25, 0.3) is 0 Å². The van der Waals surface area contributed by atoms with E-state index in [0.29, 0.717) is 6.61 Å². The summed E-state index contributed by atoms with van der Waals surface area (Å²) in [5.74, 6) is -0.229. The summed E-state index contributed by atoms with van der Waals surface area (Å²) in [4.78, 5) is 10.3. The van der Waals surface area contributed by atoms with Crippen LogP contribution in [0.5, 0.6) is 0 Å². The number of unbranched alkanes of at least 4 members (excludes halogenated alkanes) is 1. The second-order valence-corrected chi connectivity index (χ2v) is 2.42. The number of carbonyl (C=O) groups excluding carboxylic acids is 1. The van der Waals surface area contributed by atoms with Crippen LogP contribution in [-0.4, -0.2) is 12.6 Å². The number of ether oxygens (including phenoxy) is 1. The van der Waals surface area contributed by atoms with E-state index in [9.17, 15) is 4.79 Å². The van der Waals surface area contributed by atoms with Gasteiger partial charge in [-0.25, -0.2) is 0 Å². The standard InChI is InChI=1S/C10H16O2/c1-3-4-5-6-7-8-9-12-10(2)11/h3-4,7-8H,5-6,9H2,1-2H3/b4-3+,8-7+. The van der Waals surface area contributed by atoms with Gasteiger partial charge in [-0.3, -0.25) is 4.79 Å². The summed E-state index contributed by atoms with van der Waals surface area (Å²) in [7, 11) is 0. The van der Waals surface area contributed by atoms with Crippen molar-refractivity contribution < 1.29 is 9.53 Å². The SMILES string of the molecule is C/C=C/CC/C=C/COC(C)=O. The Bertz CT molecular complexity index is 169. The van der Waals surface area contributed by atoms with E-state index in [0.717, 1.165) is 12.8 Å². The minimum absolute atomic E-state index is 0.229. The predicted octanol–water partition coefficient (Wildman–Crippen LogP) is 2.46. The van der Waals surface area contributed by atoms with E-state index in [1.807, 2.05) is 25.2 Å². The molecule has 0 radical (unpaired) electrons. The molecule has 0 bridgehead atoms. The molecule has 0 fully saturated rings. The molecular formula is C10H16O2. The first-order valence-corrected chi connectivity index (χ1v) is 4.17. The number of carbonyl (C=O) groups is 1. The van der Waals surface area contributed by atoms with Gasteiger partial charge in [0, 0.05) is 6.92 Å². The Balaban J connectivity index is 3.20. The summed E-state index contributed by atoms with van der Waals surface area (Å²) in [6, 6.07) is 0. The zero-order chi connectivity index (χ0) is 9.23. The van der Waals surface area contributed by atoms with Gasteiger partial charge in [0.2, 0.25) is 0 Å². The zero-order valence-corrected chi connectivity index (χ0v) is 7.75. The van der Waals surface area contributed by atoms with E-state index in [1.165, 1.54) is 6.92 Å². The molecule has 0 aliphatic heterocycles. The largest absolute Gasteiger partial charge is 0.462 e. The van der Waals surface area contributed by atoms with Crippen LogP contribution in [0.15, 0.2) is 24.3 Å². The Labute approximate surface area is 73.9 Å². The highest BCUT2D eigenvalue weighted by Gasteiger charge is 1.85. The summed E-state index contributed by atoms with van der Waals surface area (Å²) >= 11 is 0. The Morgan fingerprint density at radius 2 is 1.92 bits per heavy atom. The lowest BCUT2D eigenvalue weighted by Gasteiger charge is -1.93. The molecule has 2 heteroatoms. The van der Waals surface area contributed by atoms with Gasteiger partial charge >= 0.3 is 5.97 Å². The van der Waals surface area contributed by atoms with Gasteiger partial charge in [-0.05, 0) is 19.8 Å². The van der Waals surface area contributed by atoms with E-state index >= 15 is 0 Å². The van der Waals surface area contributed by atoms with Crippen LogP contribution < -0.4 is 0 Å². The van der Waals surface area contributed by atoms with Crippen molar-refractivity contribution in [1.29, 1.82) is 0 Å². The Hall–Kier alpha value is -1.05. The molecule has 0 aliphatic rings. The van der Waals surface area contributed by atoms with Crippen molar-refractivity contribution in [2.24, 2.45) is 0 Å². The highest BCUT2D eigenvalue weighted by molar-refractivity contribution is 5.65. The monoisotopic (exact) mass is 168 g/mol. The maximum atomic E-state index is 10.3. The molecule has 0 saturated heterocycles. The number of allylic oxidation sites excluding steroid dienone is 3. The van der Waals surface area contributed by atoms with E-state index < -0.39 is 0 Å². The highest BCUT2D eigenvalue weighted by atomic mass is 16.5. The van der Waals surface area contributed by atoms with Crippen molar-refractivity contribution >= 4 is 5.97 Å². The Kier molecular flexibility index (Phi) is 7.35. The minimum atomic E-state index is -0.229. The lowest BCUT2D eigenvalue weighted by Crippen LogP contribution is -1.97. The molecule has 2 nitrogen and oxygen atoms in total. The molecule has 0 spiro atoms. The first kappa shape index (κ1) is 11.0. The van der Waals surface area contributed by atoms with Gasteiger partial charge in [0.15, 0.2) is 0 Å². The van der Waals surface area contributed by atoms with Crippen LogP contribution >= 0.6 is 0 Å². The summed E-state index contributed by atoms with van der Waals surface area (Å²) in [6.45, 7) is 3.81. The van der Waals surface area contributed by atoms with Crippen molar-refractivity contribution in [3.8, 4) is 0 Å². The number of rotatable bonds is 5. The molecule has 0 aromatic heterocycles. The molecular weight excluding hydrogens is 152 g/mol. The van der Waals surface area contributed by atoms with E-state index in [2.05, 4.69) is 6.08 Å². The van der Waals surface area contributed by atoms with Crippen molar-refractivity contribution in [2.75, 3.05) is 6.61 Å². The number of esters is 1. The van der Waals surface area contributed by atoms with Gasteiger partial charge in [0.1, 0.15) is 6.61 Å². The summed E-state index contributed by atoms with van der Waals surface area (Å²) < 4.78 is 4.70. The van der Waals surface area contributed by atoms with E-state index in [-0.39, 0.29) is 5.97 Å². The highest BCUT2D eigenvalue weighted by Crippen LogP contribution is 1.92. The van der Waals surface area contributed by atoms with Gasteiger partial charge < -0.3 is 4.74 Å². The van der Waals surface area contributed by atoms with Crippen LogP contribution in [0, 0.1) is 0 Å². The third-order valence-corrected chi connectivity index (χ3v) is 1.29. The van der Waals surface area contributed by atoms with Crippen LogP contribution in [0.4, 0.5) is 0 Å². The second kappa shape index (κ2) is 8.05. The number of hydrogen-bond acceptors (Lipinski definition) is 2. The molecule has 0 aromatic carbocycles. The smallest absolute Gasteiger partial charge is 0.302 e. The molecule has 0 saturated carbocycles. The quantitative estimate of drug-likeness (QED) is 0.358. The summed E-state index contributed by atoms with van der Waals surface area (Å²) in [5, 5.41) is 0. The lowest BCUT2D eigenvalue weighted by molar-refractivity contribution is -0.139. The summed E-state index contributed by atoms with van der Waals surface area (Å²) in [6.07, 6.45) is 10.1. The number of hydrogen-bond donors (Lipinski definition) is 0. The molecule has 0 N–H and O–H groups in total. The average Bonchev–Trinajstić information content (AvgIpc) is 2.02. The molecule has 0 rings (SSSR count). The van der Waals surface area contributed by atoms with Gasteiger partial charge in [-0.1, -0.05) is 24.3 Å². The van der Waals surface area contributed by atoms with Crippen LogP contribution in [0.25, 0.3) is 0 Å². The fourth-order valence-electron chi connectivity index (χ4n) is 0.710. The average molecular weight is 168 g/mol. The molecule has 0 aromatic rings. The lowest BCUT2D eigenvalue weighted by atomic mass is 10.3. The predicted molar refractivity (Wildman–Crippen MR) is 49.8 cm³/mol. The molecule has 12 heavy (non-hydrogen) atoms. The molecule has 0 aliphatic carbocycles. The first-order chi connectivity index (χ1) is 5.77. The Morgan fingerprint density at radius 3 is 2.50 bits per heavy atom. The minimum Gasteiger partial charge on any atom is -0.462 e. The fourth-order valence-corrected chi connectivity index (χ4v) is 0.710. The maximum absolute atomic E-state index is 10.3. The fraction of sp³-hybridized carbons (Fsp3) is 0.500. The van der Waals surface area contributed by atoms with Crippen molar-refractivity contribution in [1.82, 2.24) is 0 Å². The Morgan fingerprint density at radius 1 is 1.25 bits per heavy atom. The van der Waals surface area contributed by atoms with E-state index in [1.54, 1.807) is 0 Å². The molecule has 0 amide bonds. The van der Waals surface area contributed by atoms with Crippen molar-refractivity contribution in [2.45, 2.75) is 26.7 Å². The van der Waals surface area contributed by atoms with Crippen LogP contribution in [0.3, 0.4) is 0 Å². The summed E-state index contributed by atoms with van der Waals surface area (Å²) in [5.41, 5.74) is 0. The van der Waals surface area contributed by atoms with Crippen molar-refractivity contribution in [3.63, 3.8) is 0 Å². The molecule has 0 atom stereocenters. The molecule has 0 heterocycles. The van der Waals surface area contributed by atoms with Gasteiger partial charge in [0.05, 0.1) is 0 Å². The molecule has 0 unspecified atom stereocenters. The van der Waals surface area contributed by atoms with Crippen LogP contribution in [-0.2, 0) is 9.53 Å². The van der Waals surface area contributed by atoms with Gasteiger partial charge in [-0.15, -0.1) is 0 Å². The van der Waals surface area contributed by atoms with E-state index in [4.69, 9.17) is 4.74 Å². The maximum Gasteiger partial charge on any atom is 0.302 e. The second-order valence-electron chi connectivity index (χ2n) is 2.42. The third kappa shape index (κ3) is 8.95. The van der Waals surface area contributed by atoms with Crippen LogP contribution in [0.2, 0.25) is 0 Å². The topological polar surface area (TPSA) is 26.3 Å². The van der Waals surface area contributed by atoms with Crippen LogP contribution in [0.1, 0.15) is 26.7 Å². The first-order valence-electron chi connectivity index (χ1n) is 4.17. The zero-order valence-electron chi connectivity index (χ0n) is 7.75. The van der Waals surface area contributed by atoms with Crippen molar-refractivity contribution in [3.05, 3.63) is 24.3 Å². The van der Waals surface area contributed by atoms with Gasteiger partial charge in [-0.2, -0.15) is 0 Å². The molecule has 68 valence electrons. The third-order valence-electron chi connectivity index (χ3n) is 1.29. The normalized spacial score (nSPS) is 11.2.